The molecule has 0 radical (unpaired) electrons. The number of hydrogen-bond acceptors (Lipinski definition) is 6. The van der Waals surface area contributed by atoms with Gasteiger partial charge in [0.1, 0.15) is 22.9 Å². The van der Waals surface area contributed by atoms with Crippen LogP contribution >= 0.6 is 11.6 Å². The van der Waals surface area contributed by atoms with Crippen LogP contribution in [0.3, 0.4) is 0 Å². The third-order valence-electron chi connectivity index (χ3n) is 3.57. The largest absolute Gasteiger partial charge is 1.00 e. The average Bonchev–Trinajstić information content (AvgIpc) is 2.60. The van der Waals surface area contributed by atoms with Crippen LogP contribution in [0.5, 0.6) is 11.6 Å². The number of aromatic nitrogens is 1. The molecule has 0 saturated heterocycles. The van der Waals surface area contributed by atoms with E-state index in [2.05, 4.69) is 4.98 Å². The van der Waals surface area contributed by atoms with Crippen molar-refractivity contribution >= 4 is 33.3 Å². The van der Waals surface area contributed by atoms with Crippen LogP contribution in [-0.4, -0.2) is 44.7 Å². The van der Waals surface area contributed by atoms with E-state index in [4.69, 9.17) is 26.2 Å². The van der Waals surface area contributed by atoms with Gasteiger partial charge in [0.2, 0.25) is 5.88 Å². The van der Waals surface area contributed by atoms with Crippen LogP contribution in [0, 0.1) is 0 Å². The maximum absolute atomic E-state index is 13.1. The SMILES string of the molecule is COc1ccc(Cl)cc1S(=O)(=O)N1CCOc2ncc(C(=O)O)cc21.[H-].[K+]. The van der Waals surface area contributed by atoms with Gasteiger partial charge < -0.3 is 16.0 Å². The summed E-state index contributed by atoms with van der Waals surface area (Å²) >= 11 is 5.93. The van der Waals surface area contributed by atoms with Gasteiger partial charge in [-0.3, -0.25) is 4.31 Å². The normalized spacial score (nSPS) is 13.2. The van der Waals surface area contributed by atoms with E-state index in [1.807, 2.05) is 0 Å². The molecule has 3 rings (SSSR count). The van der Waals surface area contributed by atoms with Crippen molar-refractivity contribution in [3.8, 4) is 11.6 Å². The molecule has 0 spiro atoms. The molecule has 0 amide bonds. The Bertz CT molecular complexity index is 959. The minimum atomic E-state index is -4.07. The second-order valence-corrected chi connectivity index (χ2v) is 7.34. The molecule has 1 aromatic heterocycles. The van der Waals surface area contributed by atoms with Crippen LogP contribution in [0.1, 0.15) is 11.8 Å². The number of halogens is 1. The Morgan fingerprint density at radius 3 is 2.81 bits per heavy atom. The van der Waals surface area contributed by atoms with Crippen molar-refractivity contribution in [3.05, 3.63) is 41.0 Å². The molecule has 0 fully saturated rings. The van der Waals surface area contributed by atoms with Crippen LogP contribution in [-0.2, 0) is 10.0 Å². The number of carboxylic acid groups (broad SMARTS) is 1. The maximum Gasteiger partial charge on any atom is 1.00 e. The van der Waals surface area contributed by atoms with Crippen LogP contribution in [0.15, 0.2) is 35.4 Å². The van der Waals surface area contributed by atoms with Gasteiger partial charge in [0.25, 0.3) is 10.0 Å². The molecule has 1 N–H and O–H groups in total. The van der Waals surface area contributed by atoms with E-state index in [1.165, 1.54) is 31.4 Å². The van der Waals surface area contributed by atoms with E-state index in [1.54, 1.807) is 0 Å². The van der Waals surface area contributed by atoms with Gasteiger partial charge in [-0.2, -0.15) is 0 Å². The molecule has 134 valence electrons. The summed E-state index contributed by atoms with van der Waals surface area (Å²) < 4.78 is 37.7. The van der Waals surface area contributed by atoms with Gasteiger partial charge in [0.05, 0.1) is 19.2 Å². The Kier molecular flexibility index (Phi) is 6.94. The maximum atomic E-state index is 13.1. The second-order valence-electron chi connectivity index (χ2n) is 5.07. The van der Waals surface area contributed by atoms with Gasteiger partial charge in [-0.25, -0.2) is 18.2 Å². The number of carboxylic acids is 1. The van der Waals surface area contributed by atoms with E-state index in [-0.39, 0.29) is 98.8 Å². The standard InChI is InChI=1S/C15H13ClN2O6S.K.H/c1-23-12-3-2-10(16)7-13(12)25(21,22)18-4-5-24-14-11(18)6-9(8-17-14)15(19)20;;/h2-3,6-8H,4-5H2,1H3,(H,19,20);;/q;+1;-1. The van der Waals surface area contributed by atoms with Crippen LogP contribution in [0.4, 0.5) is 5.69 Å². The van der Waals surface area contributed by atoms with Gasteiger partial charge in [-0.1, -0.05) is 11.6 Å². The summed E-state index contributed by atoms with van der Waals surface area (Å²) in [4.78, 5) is 14.9. The van der Waals surface area contributed by atoms with Crippen molar-refractivity contribution in [2.24, 2.45) is 0 Å². The predicted molar refractivity (Wildman–Crippen MR) is 90.3 cm³/mol. The molecule has 0 saturated carbocycles. The van der Waals surface area contributed by atoms with E-state index in [0.29, 0.717) is 0 Å². The molecule has 8 nitrogen and oxygen atoms in total. The van der Waals surface area contributed by atoms with Gasteiger partial charge in [-0.15, -0.1) is 0 Å². The topological polar surface area (TPSA) is 106 Å². The number of anilines is 1. The zero-order chi connectivity index (χ0) is 18.2. The number of rotatable bonds is 4. The molecule has 1 aromatic carbocycles. The molecule has 2 aromatic rings. The van der Waals surface area contributed by atoms with Crippen molar-refractivity contribution in [1.82, 2.24) is 4.98 Å². The Morgan fingerprint density at radius 2 is 2.15 bits per heavy atom. The first-order valence-corrected chi connectivity index (χ1v) is 8.89. The number of methoxy groups -OCH3 is 1. The summed E-state index contributed by atoms with van der Waals surface area (Å²) in [6.45, 7) is 0.0737. The molecule has 0 atom stereocenters. The fourth-order valence-corrected chi connectivity index (χ4v) is 4.27. The van der Waals surface area contributed by atoms with E-state index in [0.717, 1.165) is 10.5 Å². The third kappa shape index (κ3) is 4.01. The molecular formula is C15H14ClKN2O6S. The third-order valence-corrected chi connectivity index (χ3v) is 5.64. The number of fused-ring (bicyclic) bond motifs is 1. The number of hydrogen-bond donors (Lipinski definition) is 1. The van der Waals surface area contributed by atoms with Crippen molar-refractivity contribution in [2.45, 2.75) is 4.90 Å². The van der Waals surface area contributed by atoms with Crippen LogP contribution in [0.25, 0.3) is 0 Å². The zero-order valence-corrected chi connectivity index (χ0v) is 18.7. The molecule has 11 heteroatoms. The number of pyridine rings is 1. The van der Waals surface area contributed by atoms with Gasteiger partial charge in [0.15, 0.2) is 0 Å². The monoisotopic (exact) mass is 424 g/mol. The van der Waals surface area contributed by atoms with Crippen molar-refractivity contribution in [2.75, 3.05) is 24.6 Å². The Morgan fingerprint density at radius 1 is 1.42 bits per heavy atom. The Labute approximate surface area is 199 Å². The first-order chi connectivity index (χ1) is 11.8. The molecule has 0 aliphatic carbocycles. The van der Waals surface area contributed by atoms with Crippen LogP contribution in [0.2, 0.25) is 5.02 Å². The van der Waals surface area contributed by atoms with Crippen LogP contribution < -0.4 is 65.2 Å². The minimum absolute atomic E-state index is 0. The number of nitrogens with zero attached hydrogens (tertiary/aromatic N) is 2. The van der Waals surface area contributed by atoms with E-state index in [9.17, 15) is 13.2 Å². The van der Waals surface area contributed by atoms with Gasteiger partial charge in [0, 0.05) is 11.2 Å². The van der Waals surface area contributed by atoms with E-state index >= 15 is 0 Å². The smallest absolute Gasteiger partial charge is 1.00 e. The number of carbonyl (C=O) groups is 1. The number of aromatic carboxylic acids is 1. The van der Waals surface area contributed by atoms with Gasteiger partial charge >= 0.3 is 57.4 Å². The summed E-state index contributed by atoms with van der Waals surface area (Å²) in [5.41, 5.74) is -0.101. The molecule has 1 aliphatic heterocycles. The zero-order valence-electron chi connectivity index (χ0n) is 15.0. The molecule has 1 aliphatic rings. The fourth-order valence-electron chi connectivity index (χ4n) is 2.41. The fraction of sp³-hybridized carbons (Fsp3) is 0.200. The Hall–Kier alpha value is -0.884. The van der Waals surface area contributed by atoms with Crippen molar-refractivity contribution < 1.29 is 80.6 Å². The Balaban J connectivity index is 0.00000182. The molecule has 0 bridgehead atoms. The summed E-state index contributed by atoms with van der Waals surface area (Å²) in [5.74, 6) is -1.06. The van der Waals surface area contributed by atoms with Crippen molar-refractivity contribution in [1.29, 1.82) is 0 Å². The summed E-state index contributed by atoms with van der Waals surface area (Å²) in [6, 6.07) is 5.44. The van der Waals surface area contributed by atoms with Crippen molar-refractivity contribution in [3.63, 3.8) is 0 Å². The predicted octanol–water partition coefficient (Wildman–Crippen LogP) is -0.854. The average molecular weight is 425 g/mol. The van der Waals surface area contributed by atoms with Gasteiger partial charge in [-0.05, 0) is 24.3 Å². The number of benzene rings is 1. The first-order valence-electron chi connectivity index (χ1n) is 7.07. The molecule has 2 heterocycles. The molecule has 26 heavy (non-hydrogen) atoms. The number of ether oxygens (including phenoxy) is 2. The molecule has 0 unspecified atom stereocenters. The number of sulfonamides is 1. The summed E-state index contributed by atoms with van der Waals surface area (Å²) in [6.07, 6.45) is 1.11. The quantitative estimate of drug-likeness (QED) is 0.637. The first kappa shape index (κ1) is 21.4. The second kappa shape index (κ2) is 8.42. The summed E-state index contributed by atoms with van der Waals surface area (Å²) in [5, 5.41) is 9.35. The van der Waals surface area contributed by atoms with E-state index < -0.39 is 16.0 Å². The molecular weight excluding hydrogens is 411 g/mol. The summed E-state index contributed by atoms with van der Waals surface area (Å²) in [7, 11) is -2.73. The minimum Gasteiger partial charge on any atom is -1.00 e.